The molecule has 0 aromatic heterocycles. The average Bonchev–Trinajstić information content (AvgIpc) is 3.44. The standard InChI is InChI=1S/C68H55N/c1-4-14-48(15-5-1)51-24-28-54(29-25-51)56-36-42-60(43-37-56)69(61-44-38-57(39-45-61)55-30-26-52(27-31-55)49-16-6-2-7-17-49)62-46-40-59(41-47-62)68-65-22-12-10-20-63(65)67(64-21-11-13-23-66(64)68)58-34-32-53(33-35-58)50-18-8-3-9-19-50/h1-9,14-19,24-47H,10-13,20-23H2. The van der Waals surface area contributed by atoms with Crippen molar-refractivity contribution >= 4 is 17.1 Å². The summed E-state index contributed by atoms with van der Waals surface area (Å²) in [6.45, 7) is 0. The van der Waals surface area contributed by atoms with Crippen molar-refractivity contribution in [3.8, 4) is 77.9 Å². The zero-order valence-corrected chi connectivity index (χ0v) is 39.1. The van der Waals surface area contributed by atoms with Gasteiger partial charge >= 0.3 is 0 Å². The van der Waals surface area contributed by atoms with Crippen molar-refractivity contribution in [2.24, 2.45) is 0 Å². The second-order valence-electron chi connectivity index (χ2n) is 18.9. The molecular weight excluding hydrogens is 831 g/mol. The van der Waals surface area contributed by atoms with Crippen LogP contribution in [-0.2, 0) is 25.7 Å². The summed E-state index contributed by atoms with van der Waals surface area (Å²) >= 11 is 0. The van der Waals surface area contributed by atoms with Gasteiger partial charge in [-0.2, -0.15) is 0 Å². The lowest BCUT2D eigenvalue weighted by Crippen LogP contribution is -2.15. The summed E-state index contributed by atoms with van der Waals surface area (Å²) in [5.74, 6) is 0. The zero-order chi connectivity index (χ0) is 45.9. The Labute approximate surface area is 408 Å². The average molecular weight is 886 g/mol. The van der Waals surface area contributed by atoms with Crippen LogP contribution < -0.4 is 4.90 Å². The van der Waals surface area contributed by atoms with E-state index in [1.807, 2.05) is 0 Å². The number of rotatable bonds is 10. The molecule has 0 spiro atoms. The van der Waals surface area contributed by atoms with E-state index < -0.39 is 0 Å². The maximum absolute atomic E-state index is 2.42. The van der Waals surface area contributed by atoms with Gasteiger partial charge in [-0.15, -0.1) is 0 Å². The summed E-state index contributed by atoms with van der Waals surface area (Å²) in [5.41, 5.74) is 27.9. The molecule has 10 aromatic carbocycles. The third-order valence-corrected chi connectivity index (χ3v) is 14.7. The molecule has 2 aliphatic carbocycles. The van der Waals surface area contributed by atoms with Crippen molar-refractivity contribution in [2.45, 2.75) is 51.4 Å². The first-order valence-electron chi connectivity index (χ1n) is 25.0. The molecule has 0 heterocycles. The van der Waals surface area contributed by atoms with E-state index in [-0.39, 0.29) is 0 Å². The van der Waals surface area contributed by atoms with Crippen LogP contribution in [0, 0.1) is 0 Å². The summed E-state index contributed by atoms with van der Waals surface area (Å²) in [6.07, 6.45) is 9.59. The van der Waals surface area contributed by atoms with Crippen molar-refractivity contribution in [1.29, 1.82) is 0 Å². The number of benzene rings is 10. The van der Waals surface area contributed by atoms with Crippen LogP contribution >= 0.6 is 0 Å². The number of anilines is 3. The van der Waals surface area contributed by atoms with Crippen LogP contribution in [0.2, 0.25) is 0 Å². The topological polar surface area (TPSA) is 3.24 Å². The van der Waals surface area contributed by atoms with Crippen molar-refractivity contribution in [1.82, 2.24) is 0 Å². The van der Waals surface area contributed by atoms with E-state index in [0.29, 0.717) is 0 Å². The van der Waals surface area contributed by atoms with Crippen molar-refractivity contribution in [3.05, 3.63) is 259 Å². The van der Waals surface area contributed by atoms with Gasteiger partial charge < -0.3 is 4.90 Å². The minimum Gasteiger partial charge on any atom is -0.311 e. The molecule has 0 amide bonds. The normalized spacial score (nSPS) is 13.0. The molecule has 0 radical (unpaired) electrons. The second kappa shape index (κ2) is 18.9. The lowest BCUT2D eigenvalue weighted by molar-refractivity contribution is 0.662. The third-order valence-electron chi connectivity index (χ3n) is 14.7. The minimum atomic E-state index is 1.13. The molecule has 12 rings (SSSR count). The Morgan fingerprint density at radius 2 is 0.377 bits per heavy atom. The van der Waals surface area contributed by atoms with E-state index in [2.05, 4.69) is 241 Å². The van der Waals surface area contributed by atoms with Gasteiger partial charge in [0.25, 0.3) is 0 Å². The molecular formula is C68H55N. The fourth-order valence-electron chi connectivity index (χ4n) is 11.2. The fraction of sp³-hybridized carbons (Fsp3) is 0.118. The fourth-order valence-corrected chi connectivity index (χ4v) is 11.2. The maximum atomic E-state index is 2.42. The molecule has 2 aliphatic rings. The van der Waals surface area contributed by atoms with Gasteiger partial charge in [0, 0.05) is 17.1 Å². The predicted molar refractivity (Wildman–Crippen MR) is 292 cm³/mol. The quantitative estimate of drug-likeness (QED) is 0.132. The third kappa shape index (κ3) is 8.51. The van der Waals surface area contributed by atoms with E-state index in [9.17, 15) is 0 Å². The Bertz CT molecular complexity index is 3170. The Morgan fingerprint density at radius 3 is 0.623 bits per heavy atom. The Balaban J connectivity index is 0.903. The van der Waals surface area contributed by atoms with E-state index in [4.69, 9.17) is 0 Å². The molecule has 332 valence electrons. The van der Waals surface area contributed by atoms with Crippen LogP contribution in [-0.4, -0.2) is 0 Å². The summed E-state index contributed by atoms with van der Waals surface area (Å²) in [4.78, 5) is 2.42. The van der Waals surface area contributed by atoms with Crippen molar-refractivity contribution < 1.29 is 0 Å². The van der Waals surface area contributed by atoms with Crippen LogP contribution in [0.25, 0.3) is 77.9 Å². The van der Waals surface area contributed by atoms with Crippen LogP contribution in [0.1, 0.15) is 47.9 Å². The van der Waals surface area contributed by atoms with Gasteiger partial charge in [-0.25, -0.2) is 0 Å². The van der Waals surface area contributed by atoms with Gasteiger partial charge in [0.2, 0.25) is 0 Å². The van der Waals surface area contributed by atoms with Gasteiger partial charge in [-0.3, -0.25) is 0 Å². The summed E-state index contributed by atoms with van der Waals surface area (Å²) in [6, 6.07) is 87.1. The monoisotopic (exact) mass is 885 g/mol. The zero-order valence-electron chi connectivity index (χ0n) is 39.1. The predicted octanol–water partition coefficient (Wildman–Crippen LogP) is 18.6. The maximum Gasteiger partial charge on any atom is 0.0462 e. The van der Waals surface area contributed by atoms with Crippen LogP contribution in [0.3, 0.4) is 0 Å². The van der Waals surface area contributed by atoms with E-state index in [0.717, 1.165) is 42.7 Å². The molecule has 0 N–H and O–H groups in total. The molecule has 0 bridgehead atoms. The lowest BCUT2D eigenvalue weighted by atomic mass is 9.73. The first-order chi connectivity index (χ1) is 34.2. The highest BCUT2D eigenvalue weighted by Gasteiger charge is 2.28. The van der Waals surface area contributed by atoms with Gasteiger partial charge in [0.05, 0.1) is 0 Å². The van der Waals surface area contributed by atoms with Gasteiger partial charge in [-0.1, -0.05) is 200 Å². The first-order valence-corrected chi connectivity index (χ1v) is 25.0. The molecule has 0 saturated heterocycles. The highest BCUT2D eigenvalue weighted by molar-refractivity contribution is 5.87. The molecule has 0 saturated carbocycles. The highest BCUT2D eigenvalue weighted by atomic mass is 15.1. The summed E-state index contributed by atoms with van der Waals surface area (Å²) < 4.78 is 0. The smallest absolute Gasteiger partial charge is 0.0462 e. The largest absolute Gasteiger partial charge is 0.311 e. The van der Waals surface area contributed by atoms with Gasteiger partial charge in [0.1, 0.15) is 0 Å². The molecule has 10 aromatic rings. The number of hydrogen-bond acceptors (Lipinski definition) is 1. The highest BCUT2D eigenvalue weighted by Crippen LogP contribution is 2.47. The molecule has 0 unspecified atom stereocenters. The second-order valence-corrected chi connectivity index (χ2v) is 18.9. The van der Waals surface area contributed by atoms with E-state index in [1.165, 1.54) is 104 Å². The Hall–Kier alpha value is -8.00. The SMILES string of the molecule is c1ccc(-c2ccc(-c3ccc(N(c4ccc(-c5ccc(-c6ccccc6)cc5)cc4)c4ccc(-c5c6c(c(-c7ccc(-c8ccccc8)cc7)c7c5CCCC7)CCCC6)cc4)cc3)cc2)cc1. The van der Waals surface area contributed by atoms with Crippen LogP contribution in [0.5, 0.6) is 0 Å². The number of hydrogen-bond donors (Lipinski definition) is 0. The molecule has 1 nitrogen and oxygen atoms in total. The van der Waals surface area contributed by atoms with Crippen molar-refractivity contribution in [3.63, 3.8) is 0 Å². The number of fused-ring (bicyclic) bond motifs is 2. The molecule has 0 atom stereocenters. The molecule has 0 fully saturated rings. The van der Waals surface area contributed by atoms with Gasteiger partial charge in [-0.05, 0) is 188 Å². The van der Waals surface area contributed by atoms with Gasteiger partial charge in [0.15, 0.2) is 0 Å². The van der Waals surface area contributed by atoms with Crippen molar-refractivity contribution in [2.75, 3.05) is 4.90 Å². The van der Waals surface area contributed by atoms with E-state index in [1.54, 1.807) is 22.3 Å². The Morgan fingerprint density at radius 1 is 0.188 bits per heavy atom. The van der Waals surface area contributed by atoms with Crippen LogP contribution in [0.15, 0.2) is 237 Å². The van der Waals surface area contributed by atoms with E-state index >= 15 is 0 Å². The lowest BCUT2D eigenvalue weighted by Gasteiger charge is -2.32. The summed E-state index contributed by atoms with van der Waals surface area (Å²) in [5, 5.41) is 0. The minimum absolute atomic E-state index is 1.13. The molecule has 0 aliphatic heterocycles. The summed E-state index contributed by atoms with van der Waals surface area (Å²) in [7, 11) is 0. The first kappa shape index (κ1) is 42.4. The molecule has 69 heavy (non-hydrogen) atoms. The molecule has 1 heteroatoms. The Kier molecular flexibility index (Phi) is 11.6. The number of nitrogens with zero attached hydrogens (tertiary/aromatic N) is 1. The van der Waals surface area contributed by atoms with Crippen LogP contribution in [0.4, 0.5) is 17.1 Å².